The van der Waals surface area contributed by atoms with Crippen molar-refractivity contribution in [1.82, 2.24) is 0 Å². The summed E-state index contributed by atoms with van der Waals surface area (Å²) < 4.78 is 0. The van der Waals surface area contributed by atoms with Gasteiger partial charge in [-0.05, 0) is 31.2 Å². The van der Waals surface area contributed by atoms with E-state index in [0.717, 1.165) is 23.3 Å². The van der Waals surface area contributed by atoms with E-state index >= 15 is 0 Å². The molecule has 2 saturated heterocycles. The highest BCUT2D eigenvalue weighted by Gasteiger charge is 2.36. The molecule has 2 heterocycles. The minimum absolute atomic E-state index is 0.333. The Morgan fingerprint density at radius 2 is 1.84 bits per heavy atom. The van der Waals surface area contributed by atoms with Crippen LogP contribution in [0.25, 0.3) is 6.08 Å². The second-order valence-corrected chi connectivity index (χ2v) is 7.21. The Bertz CT molecular complexity index is 453. The van der Waals surface area contributed by atoms with Crippen LogP contribution in [0.2, 0.25) is 0 Å². The van der Waals surface area contributed by atoms with Gasteiger partial charge in [-0.1, -0.05) is 42.5 Å². The van der Waals surface area contributed by atoms with Gasteiger partial charge in [0.05, 0.1) is 0 Å². The van der Waals surface area contributed by atoms with Gasteiger partial charge in [0, 0.05) is 22.8 Å². The smallest absolute Gasteiger partial charge is 0.139 e. The van der Waals surface area contributed by atoms with E-state index in [1.807, 2.05) is 24.3 Å². The lowest BCUT2D eigenvalue weighted by Gasteiger charge is -2.25. The molecular weight excluding hydrogens is 252 g/mol. The monoisotopic (exact) mass is 272 g/mol. The van der Waals surface area contributed by atoms with Crippen LogP contribution in [0.5, 0.6) is 0 Å². The first kappa shape index (κ1) is 13.0. The highest BCUT2D eigenvalue weighted by atomic mass is 32.2. The van der Waals surface area contributed by atoms with E-state index in [1.165, 1.54) is 18.4 Å². The fourth-order valence-corrected chi connectivity index (χ4v) is 4.94. The van der Waals surface area contributed by atoms with Crippen LogP contribution < -0.4 is 0 Å². The van der Waals surface area contributed by atoms with Crippen LogP contribution in [0, 0.1) is 5.92 Å². The molecule has 0 N–H and O–H groups in total. The zero-order valence-electron chi connectivity index (χ0n) is 11.1. The molecule has 2 bridgehead atoms. The number of hydrogen-bond donors (Lipinski definition) is 0. The molecule has 0 spiro atoms. The molecule has 0 saturated carbocycles. The Morgan fingerprint density at radius 1 is 1.16 bits per heavy atom. The van der Waals surface area contributed by atoms with Gasteiger partial charge in [0.25, 0.3) is 0 Å². The summed E-state index contributed by atoms with van der Waals surface area (Å²) >= 11 is 2.12. The van der Waals surface area contributed by atoms with Crippen molar-refractivity contribution in [1.29, 1.82) is 0 Å². The number of allylic oxidation sites excluding steroid dienone is 1. The summed E-state index contributed by atoms with van der Waals surface area (Å²) in [5.41, 5.74) is 1.18. The van der Waals surface area contributed by atoms with Crippen LogP contribution >= 0.6 is 11.8 Å². The van der Waals surface area contributed by atoms with Crippen molar-refractivity contribution in [2.45, 2.75) is 42.6 Å². The van der Waals surface area contributed by atoms with Crippen LogP contribution in [0.15, 0.2) is 36.4 Å². The SMILES string of the molecule is O=C(C/C=C/c1ccccc1)C1CC2CCC(C1)S2. The summed E-state index contributed by atoms with van der Waals surface area (Å²) in [4.78, 5) is 12.2. The minimum Gasteiger partial charge on any atom is -0.299 e. The molecule has 1 aromatic rings. The van der Waals surface area contributed by atoms with Gasteiger partial charge in [-0.25, -0.2) is 0 Å². The highest BCUT2D eigenvalue weighted by molar-refractivity contribution is 8.00. The van der Waals surface area contributed by atoms with Crippen molar-refractivity contribution in [3.63, 3.8) is 0 Å². The Hall–Kier alpha value is -1.02. The van der Waals surface area contributed by atoms with Crippen LogP contribution in [0.1, 0.15) is 37.7 Å². The number of benzene rings is 1. The zero-order chi connectivity index (χ0) is 13.1. The van der Waals surface area contributed by atoms with Gasteiger partial charge in [-0.3, -0.25) is 4.79 Å². The molecule has 19 heavy (non-hydrogen) atoms. The molecule has 1 nitrogen and oxygen atoms in total. The second kappa shape index (κ2) is 5.96. The number of thioether (sulfide) groups is 1. The molecule has 0 radical (unpaired) electrons. The summed E-state index contributed by atoms with van der Waals surface area (Å²) in [6.07, 6.45) is 9.60. The molecule has 2 fully saturated rings. The number of rotatable bonds is 4. The molecule has 3 rings (SSSR count). The van der Waals surface area contributed by atoms with E-state index in [-0.39, 0.29) is 0 Å². The third-order valence-electron chi connectivity index (χ3n) is 4.17. The standard InChI is InChI=1S/C17H20OS/c18-17(8-4-7-13-5-2-1-3-6-13)14-11-15-9-10-16(12-14)19-15/h1-7,14-16H,8-12H2/b7-4+. The highest BCUT2D eigenvalue weighted by Crippen LogP contribution is 2.46. The van der Waals surface area contributed by atoms with Crippen LogP contribution in [-0.2, 0) is 4.79 Å². The van der Waals surface area contributed by atoms with Crippen LogP contribution in [-0.4, -0.2) is 16.3 Å². The first-order valence-corrected chi connectivity index (χ1v) is 8.15. The molecule has 0 amide bonds. The molecule has 2 heteroatoms. The molecule has 2 atom stereocenters. The van der Waals surface area contributed by atoms with E-state index in [9.17, 15) is 4.79 Å². The van der Waals surface area contributed by atoms with Crippen molar-refractivity contribution in [2.75, 3.05) is 0 Å². The van der Waals surface area contributed by atoms with Gasteiger partial charge >= 0.3 is 0 Å². The van der Waals surface area contributed by atoms with Crippen molar-refractivity contribution in [3.8, 4) is 0 Å². The van der Waals surface area contributed by atoms with E-state index in [1.54, 1.807) is 0 Å². The average Bonchev–Trinajstić information content (AvgIpc) is 2.78. The topological polar surface area (TPSA) is 17.1 Å². The Kier molecular flexibility index (Phi) is 4.07. The maximum atomic E-state index is 12.2. The van der Waals surface area contributed by atoms with Crippen molar-refractivity contribution in [3.05, 3.63) is 42.0 Å². The molecular formula is C17H20OS. The van der Waals surface area contributed by atoms with Gasteiger partial charge in [0.1, 0.15) is 5.78 Å². The molecule has 2 aliphatic heterocycles. The van der Waals surface area contributed by atoms with Crippen molar-refractivity contribution < 1.29 is 4.79 Å². The maximum Gasteiger partial charge on any atom is 0.139 e. The third kappa shape index (κ3) is 3.30. The average molecular weight is 272 g/mol. The van der Waals surface area contributed by atoms with E-state index < -0.39 is 0 Å². The first-order valence-electron chi connectivity index (χ1n) is 7.21. The lowest BCUT2D eigenvalue weighted by molar-refractivity contribution is -0.122. The zero-order valence-corrected chi connectivity index (χ0v) is 11.9. The van der Waals surface area contributed by atoms with Gasteiger partial charge < -0.3 is 0 Å². The molecule has 2 aliphatic rings. The van der Waals surface area contributed by atoms with Gasteiger partial charge in [0.2, 0.25) is 0 Å². The number of ketones is 1. The summed E-state index contributed by atoms with van der Waals surface area (Å²) in [5, 5.41) is 1.54. The molecule has 2 unspecified atom stereocenters. The Balaban J connectivity index is 1.53. The van der Waals surface area contributed by atoms with E-state index in [4.69, 9.17) is 0 Å². The predicted molar refractivity (Wildman–Crippen MR) is 82.2 cm³/mol. The number of Topliss-reactive ketones (excluding diaryl/α,β-unsaturated/α-hetero) is 1. The summed E-state index contributed by atoms with van der Waals surface area (Å²) in [5.74, 6) is 0.781. The maximum absolute atomic E-state index is 12.2. The fourth-order valence-electron chi connectivity index (χ4n) is 3.16. The lowest BCUT2D eigenvalue weighted by atomic mass is 9.92. The Morgan fingerprint density at radius 3 is 2.53 bits per heavy atom. The van der Waals surface area contributed by atoms with Crippen molar-refractivity contribution >= 4 is 23.6 Å². The largest absolute Gasteiger partial charge is 0.299 e. The van der Waals surface area contributed by atoms with Gasteiger partial charge in [-0.15, -0.1) is 0 Å². The quantitative estimate of drug-likeness (QED) is 0.811. The fraction of sp³-hybridized carbons (Fsp3) is 0.471. The summed E-state index contributed by atoms with van der Waals surface area (Å²) in [7, 11) is 0. The van der Waals surface area contributed by atoms with E-state index in [2.05, 4.69) is 30.0 Å². The normalized spacial score (nSPS) is 29.8. The second-order valence-electron chi connectivity index (χ2n) is 5.61. The first-order chi connectivity index (χ1) is 9.31. The molecule has 100 valence electrons. The van der Waals surface area contributed by atoms with Crippen molar-refractivity contribution in [2.24, 2.45) is 5.92 Å². The van der Waals surface area contributed by atoms with Gasteiger partial charge in [-0.2, -0.15) is 11.8 Å². The summed E-state index contributed by atoms with van der Waals surface area (Å²) in [6.45, 7) is 0. The molecule has 1 aromatic carbocycles. The third-order valence-corrected chi connectivity index (χ3v) is 5.80. The van der Waals surface area contributed by atoms with Gasteiger partial charge in [0.15, 0.2) is 0 Å². The number of hydrogen-bond acceptors (Lipinski definition) is 2. The summed E-state index contributed by atoms with van der Waals surface area (Å²) in [6, 6.07) is 10.2. The predicted octanol–water partition coefficient (Wildman–Crippen LogP) is 4.33. The number of fused-ring (bicyclic) bond motifs is 2. The minimum atomic E-state index is 0.333. The van der Waals surface area contributed by atoms with Crippen LogP contribution in [0.3, 0.4) is 0 Å². The lowest BCUT2D eigenvalue weighted by Crippen LogP contribution is -2.24. The number of carbonyl (C=O) groups excluding carboxylic acids is 1. The molecule has 0 aliphatic carbocycles. The van der Waals surface area contributed by atoms with E-state index in [0.29, 0.717) is 18.1 Å². The number of carbonyl (C=O) groups is 1. The Labute approximate surface area is 119 Å². The van der Waals surface area contributed by atoms with Crippen LogP contribution in [0.4, 0.5) is 0 Å². The molecule has 0 aromatic heterocycles.